The minimum absolute atomic E-state index is 0.0194. The summed E-state index contributed by atoms with van der Waals surface area (Å²) in [6.45, 7) is 2.43. The Balaban J connectivity index is 1.81. The van der Waals surface area contributed by atoms with E-state index in [9.17, 15) is 4.79 Å². The third kappa shape index (κ3) is 5.71. The SMILES string of the molecule is COc1ccc(OC)c(C(C)NC(=O)CCCOc2ccccc2)c1. The first kappa shape index (κ1) is 18.6. The van der Waals surface area contributed by atoms with Gasteiger partial charge in [0, 0.05) is 12.0 Å². The molecule has 25 heavy (non-hydrogen) atoms. The molecular weight excluding hydrogens is 318 g/mol. The Bertz CT molecular complexity index is 673. The summed E-state index contributed by atoms with van der Waals surface area (Å²) in [5, 5.41) is 2.99. The molecule has 0 saturated carbocycles. The van der Waals surface area contributed by atoms with Gasteiger partial charge in [0.15, 0.2) is 0 Å². The molecule has 0 aromatic heterocycles. The van der Waals surface area contributed by atoms with Crippen molar-refractivity contribution in [3.63, 3.8) is 0 Å². The molecule has 1 unspecified atom stereocenters. The molecule has 0 bridgehead atoms. The van der Waals surface area contributed by atoms with Crippen molar-refractivity contribution >= 4 is 5.91 Å². The quantitative estimate of drug-likeness (QED) is 0.705. The molecule has 0 spiro atoms. The van der Waals surface area contributed by atoms with Gasteiger partial charge < -0.3 is 19.5 Å². The van der Waals surface area contributed by atoms with Crippen LogP contribution in [0.3, 0.4) is 0 Å². The lowest BCUT2D eigenvalue weighted by molar-refractivity contribution is -0.121. The average Bonchev–Trinajstić information content (AvgIpc) is 2.65. The van der Waals surface area contributed by atoms with Crippen molar-refractivity contribution in [2.24, 2.45) is 0 Å². The Morgan fingerprint density at radius 3 is 2.48 bits per heavy atom. The van der Waals surface area contributed by atoms with Crippen molar-refractivity contribution in [1.29, 1.82) is 0 Å². The topological polar surface area (TPSA) is 56.8 Å². The Morgan fingerprint density at radius 1 is 1.04 bits per heavy atom. The summed E-state index contributed by atoms with van der Waals surface area (Å²) in [6, 6.07) is 15.0. The molecule has 0 aliphatic rings. The van der Waals surface area contributed by atoms with Crippen molar-refractivity contribution in [1.82, 2.24) is 5.32 Å². The molecule has 2 aromatic rings. The van der Waals surface area contributed by atoms with Crippen LogP contribution in [0.25, 0.3) is 0 Å². The maximum absolute atomic E-state index is 12.2. The second-order valence-electron chi connectivity index (χ2n) is 5.66. The van der Waals surface area contributed by atoms with E-state index in [4.69, 9.17) is 14.2 Å². The number of nitrogens with one attached hydrogen (secondary N) is 1. The van der Waals surface area contributed by atoms with Gasteiger partial charge in [-0.1, -0.05) is 18.2 Å². The van der Waals surface area contributed by atoms with Crippen LogP contribution in [0.15, 0.2) is 48.5 Å². The van der Waals surface area contributed by atoms with Gasteiger partial charge in [-0.3, -0.25) is 4.79 Å². The van der Waals surface area contributed by atoms with Gasteiger partial charge in [0.25, 0.3) is 0 Å². The lowest BCUT2D eigenvalue weighted by atomic mass is 10.1. The highest BCUT2D eigenvalue weighted by Gasteiger charge is 2.15. The third-order valence-corrected chi connectivity index (χ3v) is 3.84. The van der Waals surface area contributed by atoms with Crippen LogP contribution in [0.5, 0.6) is 17.2 Å². The second kappa shape index (κ2) is 9.57. The number of carbonyl (C=O) groups is 1. The Kier molecular flexibility index (Phi) is 7.14. The third-order valence-electron chi connectivity index (χ3n) is 3.84. The van der Waals surface area contributed by atoms with Gasteiger partial charge in [-0.15, -0.1) is 0 Å². The summed E-state index contributed by atoms with van der Waals surface area (Å²) in [6.07, 6.45) is 1.06. The van der Waals surface area contributed by atoms with E-state index in [2.05, 4.69) is 5.32 Å². The fourth-order valence-corrected chi connectivity index (χ4v) is 2.51. The molecule has 134 valence electrons. The predicted molar refractivity (Wildman–Crippen MR) is 97.3 cm³/mol. The summed E-state index contributed by atoms with van der Waals surface area (Å²) in [5.74, 6) is 2.25. The number of amides is 1. The summed E-state index contributed by atoms with van der Waals surface area (Å²) in [5.41, 5.74) is 0.885. The molecule has 1 N–H and O–H groups in total. The lowest BCUT2D eigenvalue weighted by Crippen LogP contribution is -2.27. The molecule has 2 aromatic carbocycles. The van der Waals surface area contributed by atoms with E-state index in [1.54, 1.807) is 14.2 Å². The average molecular weight is 343 g/mol. The zero-order chi connectivity index (χ0) is 18.1. The number of carbonyl (C=O) groups excluding carboxylic acids is 1. The molecule has 0 radical (unpaired) electrons. The molecule has 0 aliphatic heterocycles. The fourth-order valence-electron chi connectivity index (χ4n) is 2.51. The first-order valence-electron chi connectivity index (χ1n) is 8.33. The number of ether oxygens (including phenoxy) is 3. The maximum Gasteiger partial charge on any atom is 0.220 e. The molecule has 0 saturated heterocycles. The summed E-state index contributed by atoms with van der Waals surface area (Å²) in [7, 11) is 3.22. The number of hydrogen-bond donors (Lipinski definition) is 1. The molecule has 1 amide bonds. The lowest BCUT2D eigenvalue weighted by Gasteiger charge is -2.18. The molecule has 0 heterocycles. The number of benzene rings is 2. The molecule has 0 fully saturated rings. The molecule has 1 atom stereocenters. The van der Waals surface area contributed by atoms with Crippen LogP contribution >= 0.6 is 0 Å². The molecule has 5 heteroatoms. The van der Waals surface area contributed by atoms with Gasteiger partial charge in [0.05, 0.1) is 26.9 Å². The van der Waals surface area contributed by atoms with E-state index in [0.29, 0.717) is 19.4 Å². The monoisotopic (exact) mass is 343 g/mol. The van der Waals surface area contributed by atoms with Gasteiger partial charge in [0.1, 0.15) is 17.2 Å². The number of rotatable bonds is 9. The van der Waals surface area contributed by atoms with Crippen LogP contribution in [0, 0.1) is 0 Å². The minimum Gasteiger partial charge on any atom is -0.497 e. The zero-order valence-corrected chi connectivity index (χ0v) is 15.0. The Hall–Kier alpha value is -2.69. The van der Waals surface area contributed by atoms with Crippen LogP contribution in [0.4, 0.5) is 0 Å². The van der Waals surface area contributed by atoms with Crippen molar-refractivity contribution in [2.75, 3.05) is 20.8 Å². The van der Waals surface area contributed by atoms with E-state index in [1.165, 1.54) is 0 Å². The number of methoxy groups -OCH3 is 2. The second-order valence-corrected chi connectivity index (χ2v) is 5.66. The highest BCUT2D eigenvalue weighted by atomic mass is 16.5. The van der Waals surface area contributed by atoms with E-state index in [-0.39, 0.29) is 11.9 Å². The standard InChI is InChI=1S/C20H25NO4/c1-15(18-14-17(23-2)11-12-19(18)24-3)21-20(22)10-7-13-25-16-8-5-4-6-9-16/h4-6,8-9,11-12,14-15H,7,10,13H2,1-3H3,(H,21,22). The Morgan fingerprint density at radius 2 is 1.80 bits per heavy atom. The van der Waals surface area contributed by atoms with Crippen molar-refractivity contribution in [3.05, 3.63) is 54.1 Å². The zero-order valence-electron chi connectivity index (χ0n) is 15.0. The van der Waals surface area contributed by atoms with E-state index in [0.717, 1.165) is 22.8 Å². The van der Waals surface area contributed by atoms with Gasteiger partial charge in [-0.2, -0.15) is 0 Å². The minimum atomic E-state index is -0.174. The van der Waals surface area contributed by atoms with E-state index in [1.807, 2.05) is 55.5 Å². The first-order valence-corrected chi connectivity index (χ1v) is 8.33. The summed E-state index contributed by atoms with van der Waals surface area (Å²) >= 11 is 0. The van der Waals surface area contributed by atoms with Gasteiger partial charge in [-0.05, 0) is 43.7 Å². The largest absolute Gasteiger partial charge is 0.497 e. The molecule has 2 rings (SSSR count). The predicted octanol–water partition coefficient (Wildman–Crippen LogP) is 3.74. The molecular formula is C20H25NO4. The van der Waals surface area contributed by atoms with Crippen molar-refractivity contribution in [2.45, 2.75) is 25.8 Å². The van der Waals surface area contributed by atoms with Crippen LogP contribution in [-0.2, 0) is 4.79 Å². The van der Waals surface area contributed by atoms with Crippen molar-refractivity contribution in [3.8, 4) is 17.2 Å². The highest BCUT2D eigenvalue weighted by molar-refractivity contribution is 5.76. The van der Waals surface area contributed by atoms with Crippen molar-refractivity contribution < 1.29 is 19.0 Å². The van der Waals surface area contributed by atoms with Gasteiger partial charge >= 0.3 is 0 Å². The number of para-hydroxylation sites is 1. The van der Waals surface area contributed by atoms with Crippen LogP contribution in [0.2, 0.25) is 0 Å². The van der Waals surface area contributed by atoms with Crippen LogP contribution in [0.1, 0.15) is 31.4 Å². The van der Waals surface area contributed by atoms with E-state index < -0.39 is 0 Å². The van der Waals surface area contributed by atoms with Gasteiger partial charge in [-0.25, -0.2) is 0 Å². The smallest absolute Gasteiger partial charge is 0.220 e. The summed E-state index contributed by atoms with van der Waals surface area (Å²) in [4.78, 5) is 12.2. The van der Waals surface area contributed by atoms with Crippen LogP contribution < -0.4 is 19.5 Å². The fraction of sp³-hybridized carbons (Fsp3) is 0.350. The number of hydrogen-bond acceptors (Lipinski definition) is 4. The highest BCUT2D eigenvalue weighted by Crippen LogP contribution is 2.29. The normalized spacial score (nSPS) is 11.5. The first-order chi connectivity index (χ1) is 12.1. The van der Waals surface area contributed by atoms with Gasteiger partial charge in [0.2, 0.25) is 5.91 Å². The van der Waals surface area contributed by atoms with Crippen LogP contribution in [-0.4, -0.2) is 26.7 Å². The van der Waals surface area contributed by atoms with E-state index >= 15 is 0 Å². The summed E-state index contributed by atoms with van der Waals surface area (Å²) < 4.78 is 16.2. The Labute approximate surface area is 148 Å². The molecule has 5 nitrogen and oxygen atoms in total. The molecule has 0 aliphatic carbocycles. The maximum atomic E-state index is 12.2.